The van der Waals surface area contributed by atoms with Crippen LogP contribution in [-0.4, -0.2) is 49.9 Å². The minimum Gasteiger partial charge on any atom is -0.376 e. The van der Waals surface area contributed by atoms with Gasteiger partial charge in [-0.1, -0.05) is 0 Å². The van der Waals surface area contributed by atoms with Gasteiger partial charge in [0.1, 0.15) is 6.61 Å². The summed E-state index contributed by atoms with van der Waals surface area (Å²) in [5.74, 6) is 2.00. The van der Waals surface area contributed by atoms with E-state index < -0.39 is 0 Å². The normalized spacial score (nSPS) is 25.5. The Bertz CT molecular complexity index is 205. The first-order chi connectivity index (χ1) is 7.22. The first-order valence-electron chi connectivity index (χ1n) is 5.20. The van der Waals surface area contributed by atoms with E-state index in [1.165, 1.54) is 0 Å². The number of carbonyl (C=O) groups excluding carboxylic acids is 1. The third kappa shape index (κ3) is 4.01. The smallest absolute Gasteiger partial charge is 0.246 e. The number of amides is 1. The van der Waals surface area contributed by atoms with E-state index in [-0.39, 0.29) is 18.1 Å². The van der Waals surface area contributed by atoms with Crippen LogP contribution in [0.15, 0.2) is 0 Å². The maximum atomic E-state index is 11.3. The zero-order chi connectivity index (χ0) is 11.1. The highest BCUT2D eigenvalue weighted by Crippen LogP contribution is 2.30. The lowest BCUT2D eigenvalue weighted by atomic mass is 10.0. The molecule has 1 N–H and O–H groups in total. The minimum absolute atomic E-state index is 0.0647. The van der Waals surface area contributed by atoms with Gasteiger partial charge >= 0.3 is 0 Å². The summed E-state index contributed by atoms with van der Waals surface area (Å²) in [7, 11) is 1.71. The Morgan fingerprint density at radius 1 is 1.60 bits per heavy atom. The topological polar surface area (TPSA) is 47.6 Å². The summed E-state index contributed by atoms with van der Waals surface area (Å²) in [6.45, 7) is 3.17. The van der Waals surface area contributed by atoms with Gasteiger partial charge in [0.2, 0.25) is 5.91 Å². The average Bonchev–Trinajstić information content (AvgIpc) is 2.73. The molecule has 0 aromatic carbocycles. The van der Waals surface area contributed by atoms with Crippen LogP contribution in [0, 0.1) is 0 Å². The number of carbonyl (C=O) groups is 1. The van der Waals surface area contributed by atoms with Crippen LogP contribution in [0.25, 0.3) is 0 Å². The van der Waals surface area contributed by atoms with Crippen molar-refractivity contribution in [2.24, 2.45) is 0 Å². The number of nitrogens with one attached hydrogen (secondary N) is 1. The summed E-state index contributed by atoms with van der Waals surface area (Å²) in [5, 5.41) is 2.85. The molecule has 4 nitrogen and oxygen atoms in total. The molecule has 88 valence electrons. The third-order valence-corrected chi connectivity index (χ3v) is 3.77. The third-order valence-electron chi connectivity index (χ3n) is 2.55. The Morgan fingerprint density at radius 2 is 2.40 bits per heavy atom. The molecule has 1 atom stereocenters. The second kappa shape index (κ2) is 6.35. The quantitative estimate of drug-likeness (QED) is 0.732. The van der Waals surface area contributed by atoms with Gasteiger partial charge in [-0.15, -0.1) is 0 Å². The molecule has 1 saturated heterocycles. The molecule has 0 saturated carbocycles. The van der Waals surface area contributed by atoms with E-state index in [2.05, 4.69) is 5.32 Å². The van der Waals surface area contributed by atoms with Crippen LogP contribution in [-0.2, 0) is 14.3 Å². The van der Waals surface area contributed by atoms with Crippen molar-refractivity contribution in [3.05, 3.63) is 0 Å². The Hall–Kier alpha value is -0.260. The fourth-order valence-corrected chi connectivity index (χ4v) is 2.86. The minimum atomic E-state index is -0.160. The highest BCUT2D eigenvalue weighted by molar-refractivity contribution is 7.99. The first kappa shape index (κ1) is 12.8. The molecule has 0 spiro atoms. The predicted molar refractivity (Wildman–Crippen MR) is 61.2 cm³/mol. The Balaban J connectivity index is 2.25. The molecule has 5 heteroatoms. The van der Waals surface area contributed by atoms with Crippen molar-refractivity contribution in [2.45, 2.75) is 18.9 Å². The largest absolute Gasteiger partial charge is 0.376 e. The summed E-state index contributed by atoms with van der Waals surface area (Å²) in [4.78, 5) is 11.3. The van der Waals surface area contributed by atoms with Crippen molar-refractivity contribution < 1.29 is 14.3 Å². The van der Waals surface area contributed by atoms with Crippen molar-refractivity contribution in [1.82, 2.24) is 5.32 Å². The second-order valence-corrected chi connectivity index (χ2v) is 4.71. The molecule has 0 aromatic heterocycles. The van der Waals surface area contributed by atoms with Gasteiger partial charge in [-0.05, 0) is 19.1 Å². The summed E-state index contributed by atoms with van der Waals surface area (Å²) in [5.41, 5.74) is -0.160. The van der Waals surface area contributed by atoms with E-state index >= 15 is 0 Å². The maximum absolute atomic E-state index is 11.3. The molecule has 0 bridgehead atoms. The van der Waals surface area contributed by atoms with E-state index in [1.54, 1.807) is 7.11 Å². The van der Waals surface area contributed by atoms with E-state index in [0.29, 0.717) is 13.2 Å². The molecule has 15 heavy (non-hydrogen) atoms. The number of methoxy groups -OCH3 is 1. The number of rotatable bonds is 6. The molecule has 0 radical (unpaired) electrons. The maximum Gasteiger partial charge on any atom is 0.246 e. The summed E-state index contributed by atoms with van der Waals surface area (Å²) in [6.07, 6.45) is 1.00. The molecule has 1 rings (SSSR count). The van der Waals surface area contributed by atoms with Gasteiger partial charge in [0.15, 0.2) is 0 Å². The van der Waals surface area contributed by atoms with Crippen molar-refractivity contribution in [1.29, 1.82) is 0 Å². The van der Waals surface area contributed by atoms with Crippen molar-refractivity contribution in [3.63, 3.8) is 0 Å². The number of ether oxygens (including phenoxy) is 2. The molecule has 0 aliphatic carbocycles. The average molecular weight is 233 g/mol. The second-order valence-electron chi connectivity index (χ2n) is 3.60. The number of hydrogen-bond donors (Lipinski definition) is 1. The van der Waals surface area contributed by atoms with Gasteiger partial charge in [0.25, 0.3) is 0 Å². The molecule has 1 aliphatic rings. The lowest BCUT2D eigenvalue weighted by molar-refractivity contribution is -0.126. The van der Waals surface area contributed by atoms with Gasteiger partial charge < -0.3 is 14.8 Å². The molecule has 0 aromatic rings. The van der Waals surface area contributed by atoms with Crippen molar-refractivity contribution in [3.8, 4) is 0 Å². The Kier molecular flexibility index (Phi) is 5.42. The fourth-order valence-electron chi connectivity index (χ4n) is 1.47. The first-order valence-corrected chi connectivity index (χ1v) is 6.35. The van der Waals surface area contributed by atoms with Gasteiger partial charge in [-0.3, -0.25) is 4.79 Å². The SMILES string of the molecule is CCOCC(=O)NC[C@@]1(OC)CCSC1. The van der Waals surface area contributed by atoms with E-state index in [1.807, 2.05) is 18.7 Å². The van der Waals surface area contributed by atoms with Crippen LogP contribution in [0.1, 0.15) is 13.3 Å². The molecule has 1 heterocycles. The van der Waals surface area contributed by atoms with Crippen LogP contribution in [0.4, 0.5) is 0 Å². The zero-order valence-electron chi connectivity index (χ0n) is 9.38. The van der Waals surface area contributed by atoms with E-state index in [0.717, 1.165) is 17.9 Å². The zero-order valence-corrected chi connectivity index (χ0v) is 10.2. The van der Waals surface area contributed by atoms with Crippen molar-refractivity contribution >= 4 is 17.7 Å². The molecule has 1 aliphatic heterocycles. The van der Waals surface area contributed by atoms with Crippen LogP contribution >= 0.6 is 11.8 Å². The van der Waals surface area contributed by atoms with Crippen LogP contribution in [0.2, 0.25) is 0 Å². The van der Waals surface area contributed by atoms with Gasteiger partial charge in [0.05, 0.1) is 5.60 Å². The molecular weight excluding hydrogens is 214 g/mol. The molecular formula is C10H19NO3S. The molecule has 1 amide bonds. The highest BCUT2D eigenvalue weighted by atomic mass is 32.2. The van der Waals surface area contributed by atoms with Crippen LogP contribution in [0.5, 0.6) is 0 Å². The van der Waals surface area contributed by atoms with Gasteiger partial charge in [-0.2, -0.15) is 11.8 Å². The highest BCUT2D eigenvalue weighted by Gasteiger charge is 2.34. The van der Waals surface area contributed by atoms with Gasteiger partial charge in [-0.25, -0.2) is 0 Å². The van der Waals surface area contributed by atoms with Crippen LogP contribution < -0.4 is 5.32 Å². The standard InChI is InChI=1S/C10H19NO3S/c1-3-14-6-9(12)11-7-10(13-2)4-5-15-8-10/h3-8H2,1-2H3,(H,11,12)/t10-/m0/s1. The van der Waals surface area contributed by atoms with Gasteiger partial charge in [0, 0.05) is 26.0 Å². The monoisotopic (exact) mass is 233 g/mol. The fraction of sp³-hybridized carbons (Fsp3) is 0.900. The van der Waals surface area contributed by atoms with Crippen molar-refractivity contribution in [2.75, 3.05) is 38.4 Å². The lowest BCUT2D eigenvalue weighted by Crippen LogP contribution is -2.45. The summed E-state index contributed by atoms with van der Waals surface area (Å²) >= 11 is 1.87. The summed E-state index contributed by atoms with van der Waals surface area (Å²) in [6, 6.07) is 0. The Labute approximate surface area is 95.1 Å². The number of hydrogen-bond acceptors (Lipinski definition) is 4. The number of thioether (sulfide) groups is 1. The van der Waals surface area contributed by atoms with E-state index in [9.17, 15) is 4.79 Å². The summed E-state index contributed by atoms with van der Waals surface area (Å²) < 4.78 is 10.5. The molecule has 0 unspecified atom stereocenters. The lowest BCUT2D eigenvalue weighted by Gasteiger charge is -2.26. The van der Waals surface area contributed by atoms with E-state index in [4.69, 9.17) is 9.47 Å². The van der Waals surface area contributed by atoms with Crippen LogP contribution in [0.3, 0.4) is 0 Å². The Morgan fingerprint density at radius 3 is 2.93 bits per heavy atom. The predicted octanol–water partition coefficient (Wildman–Crippen LogP) is 0.661. The molecule has 1 fully saturated rings.